The van der Waals surface area contributed by atoms with E-state index in [0.29, 0.717) is 13.0 Å². The van der Waals surface area contributed by atoms with Gasteiger partial charge in [0.05, 0.1) is 11.0 Å². The second-order valence-corrected chi connectivity index (χ2v) is 8.08. The van der Waals surface area contributed by atoms with Crippen molar-refractivity contribution in [3.8, 4) is 6.07 Å². The molecule has 3 rings (SSSR count). The van der Waals surface area contributed by atoms with Gasteiger partial charge in [0.2, 0.25) is 15.9 Å². The zero-order valence-corrected chi connectivity index (χ0v) is 13.8. The van der Waals surface area contributed by atoms with E-state index in [1.54, 1.807) is 23.1 Å². The molecule has 0 radical (unpaired) electrons. The van der Waals surface area contributed by atoms with Gasteiger partial charge in [-0.05, 0) is 43.0 Å². The molecule has 2 aliphatic rings. The molecule has 1 aromatic carbocycles. The molecule has 6 nitrogen and oxygen atoms in total. The Morgan fingerprint density at radius 3 is 2.83 bits per heavy atom. The lowest BCUT2D eigenvalue weighted by Gasteiger charge is -2.19. The lowest BCUT2D eigenvalue weighted by Crippen LogP contribution is -2.30. The van der Waals surface area contributed by atoms with Crippen LogP contribution in [0.2, 0.25) is 0 Å². The summed E-state index contributed by atoms with van der Waals surface area (Å²) in [6.45, 7) is 0.792. The van der Waals surface area contributed by atoms with Crippen LogP contribution in [0.5, 0.6) is 0 Å². The van der Waals surface area contributed by atoms with Gasteiger partial charge in [-0.1, -0.05) is 0 Å². The minimum atomic E-state index is -3.60. The molecule has 1 aliphatic carbocycles. The van der Waals surface area contributed by atoms with Crippen molar-refractivity contribution in [3.63, 3.8) is 0 Å². The number of rotatable bonds is 5. The maximum Gasteiger partial charge on any atom is 0.242 e. The summed E-state index contributed by atoms with van der Waals surface area (Å²) in [5.41, 5.74) is 1.73. The van der Waals surface area contributed by atoms with E-state index in [1.165, 1.54) is 11.4 Å². The Kier molecular flexibility index (Phi) is 4.13. The van der Waals surface area contributed by atoms with Crippen molar-refractivity contribution in [1.82, 2.24) is 4.31 Å². The molecule has 1 heterocycles. The first-order chi connectivity index (χ1) is 10.9. The van der Waals surface area contributed by atoms with Gasteiger partial charge in [-0.2, -0.15) is 9.57 Å². The van der Waals surface area contributed by atoms with Gasteiger partial charge in [0, 0.05) is 38.2 Å². The van der Waals surface area contributed by atoms with Crippen LogP contribution in [0.25, 0.3) is 0 Å². The van der Waals surface area contributed by atoms with E-state index in [2.05, 4.69) is 0 Å². The van der Waals surface area contributed by atoms with Gasteiger partial charge in [0.25, 0.3) is 0 Å². The van der Waals surface area contributed by atoms with Crippen LogP contribution in [-0.2, 0) is 21.2 Å². The topological polar surface area (TPSA) is 81.5 Å². The summed E-state index contributed by atoms with van der Waals surface area (Å²) < 4.78 is 26.2. The van der Waals surface area contributed by atoms with Gasteiger partial charge in [-0.25, -0.2) is 8.42 Å². The first kappa shape index (κ1) is 16.0. The molecule has 0 saturated heterocycles. The lowest BCUT2D eigenvalue weighted by molar-refractivity contribution is -0.119. The van der Waals surface area contributed by atoms with E-state index in [1.807, 2.05) is 6.07 Å². The first-order valence-corrected chi connectivity index (χ1v) is 9.17. The molecule has 1 amide bonds. The highest BCUT2D eigenvalue weighted by Crippen LogP contribution is 2.37. The summed E-state index contributed by atoms with van der Waals surface area (Å²) in [5, 5.41) is 8.60. The fraction of sp³-hybridized carbons (Fsp3) is 0.500. The number of carbonyl (C=O) groups excluding carboxylic acids is 1. The van der Waals surface area contributed by atoms with Crippen molar-refractivity contribution in [1.29, 1.82) is 5.26 Å². The molecule has 0 aromatic heterocycles. The molecule has 1 saturated carbocycles. The van der Waals surface area contributed by atoms with Crippen molar-refractivity contribution in [2.24, 2.45) is 5.92 Å². The predicted octanol–water partition coefficient (Wildman–Crippen LogP) is 1.52. The molecule has 0 spiro atoms. The van der Waals surface area contributed by atoms with Crippen LogP contribution in [0.3, 0.4) is 0 Å². The third-order valence-electron chi connectivity index (χ3n) is 4.39. The highest BCUT2D eigenvalue weighted by molar-refractivity contribution is 7.89. The van der Waals surface area contributed by atoms with Gasteiger partial charge >= 0.3 is 0 Å². The van der Waals surface area contributed by atoms with Crippen LogP contribution in [0.4, 0.5) is 5.69 Å². The van der Waals surface area contributed by atoms with E-state index in [9.17, 15) is 13.2 Å². The normalized spacial score (nSPS) is 17.2. The summed E-state index contributed by atoms with van der Waals surface area (Å²) in [6, 6.07) is 6.89. The number of carbonyl (C=O) groups is 1. The smallest absolute Gasteiger partial charge is 0.242 e. The third kappa shape index (κ3) is 2.96. The molecule has 0 N–H and O–H groups in total. The number of amides is 1. The largest absolute Gasteiger partial charge is 0.312 e. The average Bonchev–Trinajstić information content (AvgIpc) is 3.30. The number of benzene rings is 1. The van der Waals surface area contributed by atoms with Gasteiger partial charge in [0.15, 0.2) is 0 Å². The highest BCUT2D eigenvalue weighted by Gasteiger charge is 2.36. The minimum Gasteiger partial charge on any atom is -0.312 e. The van der Waals surface area contributed by atoms with Crippen LogP contribution in [0, 0.1) is 17.2 Å². The third-order valence-corrected chi connectivity index (χ3v) is 6.24. The molecule has 0 unspecified atom stereocenters. The van der Waals surface area contributed by atoms with E-state index < -0.39 is 10.0 Å². The zero-order valence-electron chi connectivity index (χ0n) is 13.0. The van der Waals surface area contributed by atoms with Gasteiger partial charge in [-0.15, -0.1) is 0 Å². The van der Waals surface area contributed by atoms with E-state index >= 15 is 0 Å². The number of nitriles is 1. The van der Waals surface area contributed by atoms with Crippen molar-refractivity contribution in [2.45, 2.75) is 30.6 Å². The van der Waals surface area contributed by atoms with Crippen LogP contribution >= 0.6 is 0 Å². The maximum absolute atomic E-state index is 12.5. The van der Waals surface area contributed by atoms with Crippen molar-refractivity contribution in [2.75, 3.05) is 25.0 Å². The van der Waals surface area contributed by atoms with Gasteiger partial charge in [-0.3, -0.25) is 4.79 Å². The number of hydrogen-bond donors (Lipinski definition) is 0. The van der Waals surface area contributed by atoms with Crippen molar-refractivity contribution < 1.29 is 13.2 Å². The summed E-state index contributed by atoms with van der Waals surface area (Å²) in [4.78, 5) is 14.2. The second kappa shape index (κ2) is 5.95. The fourth-order valence-electron chi connectivity index (χ4n) is 2.83. The fourth-order valence-corrected chi connectivity index (χ4v) is 4.05. The Hall–Kier alpha value is -1.91. The number of anilines is 1. The van der Waals surface area contributed by atoms with Crippen LogP contribution in [-0.4, -0.2) is 38.8 Å². The Bertz CT molecular complexity index is 778. The Morgan fingerprint density at radius 2 is 2.17 bits per heavy atom. The van der Waals surface area contributed by atoms with E-state index in [-0.39, 0.29) is 29.7 Å². The molecular formula is C16H19N3O3S. The maximum atomic E-state index is 12.5. The number of hydrogen-bond acceptors (Lipinski definition) is 4. The standard InChI is InChI=1S/C16H19N3O3S/c1-18(9-2-8-17)23(21,22)14-5-6-15-13(11-14)7-10-19(15)16(20)12-3-4-12/h5-6,11-12H,2-4,7,9-10H2,1H3. The van der Waals surface area contributed by atoms with Crippen molar-refractivity contribution >= 4 is 21.6 Å². The molecule has 0 atom stereocenters. The molecule has 1 fully saturated rings. The SMILES string of the molecule is CN(CCC#N)S(=O)(=O)c1ccc2c(c1)CCN2C(=O)C1CC1. The van der Waals surface area contributed by atoms with E-state index in [0.717, 1.165) is 24.1 Å². The highest BCUT2D eigenvalue weighted by atomic mass is 32.2. The lowest BCUT2D eigenvalue weighted by atomic mass is 10.2. The molecule has 7 heteroatoms. The number of nitrogens with zero attached hydrogens (tertiary/aromatic N) is 3. The first-order valence-electron chi connectivity index (χ1n) is 7.72. The predicted molar refractivity (Wildman–Crippen MR) is 85.3 cm³/mol. The van der Waals surface area contributed by atoms with E-state index in [4.69, 9.17) is 5.26 Å². The Balaban J connectivity index is 1.84. The molecule has 23 heavy (non-hydrogen) atoms. The molecule has 0 bridgehead atoms. The summed E-state index contributed by atoms with van der Waals surface area (Å²) in [6.07, 6.45) is 2.75. The Labute approximate surface area is 136 Å². The summed E-state index contributed by atoms with van der Waals surface area (Å²) in [5.74, 6) is 0.312. The van der Waals surface area contributed by atoms with Crippen LogP contribution in [0.1, 0.15) is 24.8 Å². The second-order valence-electron chi connectivity index (χ2n) is 6.04. The number of fused-ring (bicyclic) bond motifs is 1. The van der Waals surface area contributed by atoms with Crippen molar-refractivity contribution in [3.05, 3.63) is 23.8 Å². The zero-order chi connectivity index (χ0) is 16.6. The summed E-state index contributed by atoms with van der Waals surface area (Å²) in [7, 11) is -2.12. The van der Waals surface area contributed by atoms with Gasteiger partial charge < -0.3 is 4.90 Å². The molecular weight excluding hydrogens is 314 g/mol. The van der Waals surface area contributed by atoms with Crippen LogP contribution in [0.15, 0.2) is 23.1 Å². The monoisotopic (exact) mass is 333 g/mol. The van der Waals surface area contributed by atoms with Gasteiger partial charge in [0.1, 0.15) is 0 Å². The molecule has 1 aliphatic heterocycles. The molecule has 1 aromatic rings. The summed E-state index contributed by atoms with van der Waals surface area (Å²) >= 11 is 0. The number of sulfonamides is 1. The van der Waals surface area contributed by atoms with Crippen LogP contribution < -0.4 is 4.90 Å². The Morgan fingerprint density at radius 1 is 1.43 bits per heavy atom. The minimum absolute atomic E-state index is 0.154. The molecule has 122 valence electrons. The average molecular weight is 333 g/mol. The quantitative estimate of drug-likeness (QED) is 0.818.